The molecule has 3 saturated heterocycles. The third-order valence-electron chi connectivity index (χ3n) is 5.48. The molecule has 3 nitrogen and oxygen atoms in total. The van der Waals surface area contributed by atoms with E-state index in [2.05, 4.69) is 24.3 Å². The number of ether oxygens (including phenoxy) is 1. The zero-order valence-corrected chi connectivity index (χ0v) is 13.9. The Morgan fingerprint density at radius 3 is 2.29 bits per heavy atom. The molecule has 3 fully saturated rings. The zero-order chi connectivity index (χ0) is 16.4. The van der Waals surface area contributed by atoms with Crippen LogP contribution < -0.4 is 9.64 Å². The molecule has 1 N–H and O–H groups in total. The number of ketones is 1. The summed E-state index contributed by atoms with van der Waals surface area (Å²) in [5.74, 6) is 1.71. The van der Waals surface area contributed by atoms with E-state index < -0.39 is 0 Å². The van der Waals surface area contributed by atoms with Crippen LogP contribution in [0, 0.1) is 5.92 Å². The van der Waals surface area contributed by atoms with Crippen LogP contribution in [0.25, 0.3) is 0 Å². The highest BCUT2D eigenvalue weighted by Crippen LogP contribution is 2.21. The van der Waals surface area contributed by atoms with Gasteiger partial charge in [-0.3, -0.25) is 4.79 Å². The molecule has 3 heteroatoms. The van der Waals surface area contributed by atoms with Gasteiger partial charge in [-0.1, -0.05) is 42.5 Å². The first-order chi connectivity index (χ1) is 11.8. The summed E-state index contributed by atoms with van der Waals surface area (Å²) < 4.78 is 5.84. The molecule has 1 atom stereocenters. The second-order valence-corrected chi connectivity index (χ2v) is 7.01. The lowest BCUT2D eigenvalue weighted by molar-refractivity contribution is -0.927. The second-order valence-electron chi connectivity index (χ2n) is 7.01. The first-order valence-corrected chi connectivity index (χ1v) is 8.93. The van der Waals surface area contributed by atoms with Gasteiger partial charge in [0.15, 0.2) is 11.8 Å². The summed E-state index contributed by atoms with van der Waals surface area (Å²) in [5.41, 5.74) is 2.40. The summed E-state index contributed by atoms with van der Waals surface area (Å²) >= 11 is 0. The third kappa shape index (κ3) is 3.22. The van der Waals surface area contributed by atoms with E-state index in [0.717, 1.165) is 25.0 Å². The number of Topliss-reactive ketones (excluding diaryl/α,β-unsaturated/α-hetero) is 1. The Kier molecular flexibility index (Phi) is 4.35. The maximum atomic E-state index is 12.5. The smallest absolute Gasteiger partial charge is 0.193 e. The first kappa shape index (κ1) is 15.4. The van der Waals surface area contributed by atoms with Crippen LogP contribution in [0.1, 0.15) is 24.0 Å². The molecule has 0 radical (unpaired) electrons. The van der Waals surface area contributed by atoms with Crippen LogP contribution in [0.4, 0.5) is 0 Å². The average molecular weight is 322 g/mol. The van der Waals surface area contributed by atoms with Crippen LogP contribution in [0.2, 0.25) is 0 Å². The molecule has 3 aliphatic heterocycles. The summed E-state index contributed by atoms with van der Waals surface area (Å²) in [6.45, 7) is 2.92. The Bertz CT molecular complexity index is 688. The van der Waals surface area contributed by atoms with Crippen molar-refractivity contribution in [2.24, 2.45) is 5.92 Å². The lowest BCUT2D eigenvalue weighted by Crippen LogP contribution is -3.20. The number of quaternary nitrogens is 1. The molecule has 2 aromatic carbocycles. The van der Waals surface area contributed by atoms with E-state index in [0.29, 0.717) is 18.3 Å². The maximum absolute atomic E-state index is 12.5. The molecule has 2 aromatic rings. The highest BCUT2D eigenvalue weighted by atomic mass is 16.5. The van der Waals surface area contributed by atoms with Gasteiger partial charge in [0.1, 0.15) is 12.4 Å². The largest absolute Gasteiger partial charge is 0.489 e. The summed E-state index contributed by atoms with van der Waals surface area (Å²) in [6, 6.07) is 18.6. The van der Waals surface area contributed by atoms with Crippen molar-refractivity contribution in [1.29, 1.82) is 0 Å². The second kappa shape index (κ2) is 6.78. The molecular formula is C21H24NO2+. The summed E-state index contributed by atoms with van der Waals surface area (Å²) in [4.78, 5) is 14.0. The van der Waals surface area contributed by atoms with Crippen LogP contribution >= 0.6 is 0 Å². The van der Waals surface area contributed by atoms with E-state index in [1.165, 1.54) is 29.1 Å². The van der Waals surface area contributed by atoms with Gasteiger partial charge in [-0.15, -0.1) is 0 Å². The number of fused-ring (bicyclic) bond motifs is 3. The Hall–Kier alpha value is -2.13. The molecule has 0 spiro atoms. The van der Waals surface area contributed by atoms with E-state index >= 15 is 0 Å². The Morgan fingerprint density at radius 1 is 0.917 bits per heavy atom. The molecule has 0 amide bonds. The fourth-order valence-corrected chi connectivity index (χ4v) is 4.05. The number of carbonyl (C=O) groups is 1. The molecule has 0 aromatic heterocycles. The molecule has 0 aliphatic carbocycles. The highest BCUT2D eigenvalue weighted by molar-refractivity contribution is 5.86. The van der Waals surface area contributed by atoms with E-state index in [1.54, 1.807) is 0 Å². The van der Waals surface area contributed by atoms with Gasteiger partial charge in [-0.2, -0.15) is 0 Å². The summed E-state index contributed by atoms with van der Waals surface area (Å²) in [5, 5.41) is 0. The topological polar surface area (TPSA) is 30.7 Å². The fraction of sp³-hybridized carbons (Fsp3) is 0.381. The third-order valence-corrected chi connectivity index (χ3v) is 5.48. The zero-order valence-electron chi connectivity index (χ0n) is 13.9. The van der Waals surface area contributed by atoms with Crippen molar-refractivity contribution >= 4 is 5.78 Å². The first-order valence-electron chi connectivity index (χ1n) is 8.93. The van der Waals surface area contributed by atoms with Gasteiger partial charge in [0.05, 0.1) is 13.1 Å². The summed E-state index contributed by atoms with van der Waals surface area (Å²) in [6.07, 6.45) is 3.05. The van der Waals surface area contributed by atoms with Crippen molar-refractivity contribution in [2.75, 3.05) is 13.1 Å². The number of nitrogens with one attached hydrogen (secondary N) is 1. The standard InChI is InChI=1S/C21H23NO2/c23-21-18-10-12-22(13-11-18)20(21)14-16-6-8-19(9-7-16)24-15-17-4-2-1-3-5-17/h1-9,18,20H,10-15H2/p+1/t20-/m0/s1. The fourth-order valence-electron chi connectivity index (χ4n) is 4.05. The number of benzene rings is 2. The monoisotopic (exact) mass is 322 g/mol. The van der Waals surface area contributed by atoms with Crippen molar-refractivity contribution in [2.45, 2.75) is 31.9 Å². The Morgan fingerprint density at radius 2 is 1.62 bits per heavy atom. The van der Waals surface area contributed by atoms with Crippen molar-refractivity contribution in [1.82, 2.24) is 0 Å². The molecule has 2 bridgehead atoms. The molecule has 124 valence electrons. The molecule has 3 heterocycles. The van der Waals surface area contributed by atoms with Crippen LogP contribution in [-0.4, -0.2) is 24.9 Å². The van der Waals surface area contributed by atoms with Crippen LogP contribution in [-0.2, 0) is 17.8 Å². The molecule has 24 heavy (non-hydrogen) atoms. The molecule has 0 saturated carbocycles. The van der Waals surface area contributed by atoms with Gasteiger partial charge < -0.3 is 9.64 Å². The van der Waals surface area contributed by atoms with Crippen LogP contribution in [0.15, 0.2) is 54.6 Å². The van der Waals surface area contributed by atoms with Gasteiger partial charge in [0, 0.05) is 25.2 Å². The number of hydrogen-bond donors (Lipinski definition) is 1. The van der Waals surface area contributed by atoms with Gasteiger partial charge in [0.2, 0.25) is 0 Å². The normalized spacial score (nSPS) is 25.7. The van der Waals surface area contributed by atoms with Gasteiger partial charge >= 0.3 is 0 Å². The number of carbonyl (C=O) groups excluding carboxylic acids is 1. The van der Waals surface area contributed by atoms with Crippen LogP contribution in [0.5, 0.6) is 5.75 Å². The van der Waals surface area contributed by atoms with Gasteiger partial charge in [-0.25, -0.2) is 0 Å². The molecule has 0 unspecified atom stereocenters. The van der Waals surface area contributed by atoms with Gasteiger partial charge in [-0.05, 0) is 23.3 Å². The van der Waals surface area contributed by atoms with Crippen molar-refractivity contribution in [3.8, 4) is 5.75 Å². The Balaban J connectivity index is 1.36. The number of hydrogen-bond acceptors (Lipinski definition) is 2. The van der Waals surface area contributed by atoms with Crippen molar-refractivity contribution in [3.05, 3.63) is 65.7 Å². The number of piperidine rings is 3. The minimum Gasteiger partial charge on any atom is -0.489 e. The SMILES string of the molecule is O=C1C2CC[NH+](CC2)[C@H]1Cc1ccc(OCc2ccccc2)cc1. The lowest BCUT2D eigenvalue weighted by Gasteiger charge is -2.41. The number of rotatable bonds is 5. The van der Waals surface area contributed by atoms with Crippen molar-refractivity contribution < 1.29 is 14.4 Å². The predicted octanol–water partition coefficient (Wildman–Crippen LogP) is 2.05. The van der Waals surface area contributed by atoms with E-state index in [4.69, 9.17) is 4.74 Å². The highest BCUT2D eigenvalue weighted by Gasteiger charge is 2.44. The molecule has 3 aliphatic rings. The van der Waals surface area contributed by atoms with E-state index in [9.17, 15) is 4.79 Å². The quantitative estimate of drug-likeness (QED) is 0.913. The van der Waals surface area contributed by atoms with Crippen molar-refractivity contribution in [3.63, 3.8) is 0 Å². The summed E-state index contributed by atoms with van der Waals surface area (Å²) in [7, 11) is 0. The predicted molar refractivity (Wildman–Crippen MR) is 93.1 cm³/mol. The van der Waals surface area contributed by atoms with Crippen LogP contribution in [0.3, 0.4) is 0 Å². The minimum absolute atomic E-state index is 0.175. The van der Waals surface area contributed by atoms with E-state index in [1.807, 2.05) is 30.3 Å². The minimum atomic E-state index is 0.175. The molecular weight excluding hydrogens is 298 g/mol. The molecule has 5 rings (SSSR count). The van der Waals surface area contributed by atoms with E-state index in [-0.39, 0.29) is 6.04 Å². The lowest BCUT2D eigenvalue weighted by atomic mass is 9.80. The van der Waals surface area contributed by atoms with Gasteiger partial charge in [0.25, 0.3) is 0 Å². The average Bonchev–Trinajstić information content (AvgIpc) is 2.65. The maximum Gasteiger partial charge on any atom is 0.193 e. The Labute approximate surface area is 143 Å².